The molecular weight excluding hydrogens is 282 g/mol. The number of carboxylic acids is 1. The first-order valence-corrected chi connectivity index (χ1v) is 8.43. The van der Waals surface area contributed by atoms with Gasteiger partial charge in [-0.3, -0.25) is 0 Å². The molecule has 1 atom stereocenters. The molecule has 1 fully saturated rings. The van der Waals surface area contributed by atoms with Gasteiger partial charge in [-0.2, -0.15) is 11.8 Å². The minimum Gasteiger partial charge on any atom is -0.477 e. The topological polar surface area (TPSA) is 83.5 Å². The van der Waals surface area contributed by atoms with Gasteiger partial charge in [0.1, 0.15) is 4.88 Å². The minimum absolute atomic E-state index is 0.0335. The second-order valence-electron chi connectivity index (χ2n) is 3.63. The summed E-state index contributed by atoms with van der Waals surface area (Å²) < 4.78 is 26.4. The number of thioether (sulfide) groups is 1. The first-order valence-electron chi connectivity index (χ1n) is 4.91. The summed E-state index contributed by atoms with van der Waals surface area (Å²) in [5.74, 6) is 0.625. The molecule has 1 aromatic heterocycles. The highest BCUT2D eigenvalue weighted by Crippen LogP contribution is 2.22. The van der Waals surface area contributed by atoms with E-state index in [-0.39, 0.29) is 15.8 Å². The normalized spacial score (nSPS) is 20.6. The van der Waals surface area contributed by atoms with E-state index in [2.05, 4.69) is 4.72 Å². The number of hydrogen-bond donors (Lipinski definition) is 2. The molecule has 2 heterocycles. The molecule has 0 amide bonds. The number of aromatic carboxylic acids is 1. The number of rotatable bonds is 4. The van der Waals surface area contributed by atoms with Gasteiger partial charge in [-0.1, -0.05) is 0 Å². The van der Waals surface area contributed by atoms with Crippen LogP contribution in [0.1, 0.15) is 16.1 Å². The monoisotopic (exact) mass is 293 g/mol. The van der Waals surface area contributed by atoms with Crippen LogP contribution in [-0.2, 0) is 10.0 Å². The SMILES string of the molecule is O=C(O)c1cc(S(=O)(=O)NC2CCSC2)cs1. The van der Waals surface area contributed by atoms with Crippen molar-refractivity contribution in [3.05, 3.63) is 16.3 Å². The van der Waals surface area contributed by atoms with Crippen LogP contribution in [0, 0.1) is 0 Å². The van der Waals surface area contributed by atoms with Crippen molar-refractivity contribution in [3.63, 3.8) is 0 Å². The zero-order valence-electron chi connectivity index (χ0n) is 8.75. The molecule has 0 aromatic carbocycles. The van der Waals surface area contributed by atoms with Gasteiger partial charge in [0.25, 0.3) is 0 Å². The molecular formula is C9H11NO4S3. The van der Waals surface area contributed by atoms with Gasteiger partial charge < -0.3 is 5.11 Å². The second kappa shape index (κ2) is 4.97. The maximum Gasteiger partial charge on any atom is 0.345 e. The largest absolute Gasteiger partial charge is 0.477 e. The average molecular weight is 293 g/mol. The van der Waals surface area contributed by atoms with Gasteiger partial charge in [0, 0.05) is 17.2 Å². The van der Waals surface area contributed by atoms with E-state index in [4.69, 9.17) is 5.11 Å². The maximum absolute atomic E-state index is 11.9. The lowest BCUT2D eigenvalue weighted by atomic mass is 10.3. The first kappa shape index (κ1) is 12.9. The fourth-order valence-electron chi connectivity index (χ4n) is 1.49. The molecule has 0 radical (unpaired) electrons. The molecule has 0 aliphatic carbocycles. The van der Waals surface area contributed by atoms with Crippen LogP contribution in [0.2, 0.25) is 0 Å². The summed E-state index contributed by atoms with van der Waals surface area (Å²) in [5, 5.41) is 10.1. The first-order chi connectivity index (χ1) is 7.99. The molecule has 0 spiro atoms. The smallest absolute Gasteiger partial charge is 0.345 e. The third-order valence-electron chi connectivity index (χ3n) is 2.35. The lowest BCUT2D eigenvalue weighted by molar-refractivity contribution is 0.0702. The van der Waals surface area contributed by atoms with Gasteiger partial charge in [0.2, 0.25) is 10.0 Å². The van der Waals surface area contributed by atoms with Crippen LogP contribution in [0.3, 0.4) is 0 Å². The number of carboxylic acid groups (broad SMARTS) is 1. The molecule has 1 saturated heterocycles. The molecule has 1 aliphatic rings. The van der Waals surface area contributed by atoms with Crippen molar-refractivity contribution in [2.45, 2.75) is 17.4 Å². The van der Waals surface area contributed by atoms with E-state index in [9.17, 15) is 13.2 Å². The Kier molecular flexibility index (Phi) is 3.76. The lowest BCUT2D eigenvalue weighted by Gasteiger charge is -2.10. The predicted molar refractivity (Wildman–Crippen MR) is 67.3 cm³/mol. The molecule has 0 bridgehead atoms. The Morgan fingerprint density at radius 2 is 2.29 bits per heavy atom. The molecule has 1 unspecified atom stereocenters. The van der Waals surface area contributed by atoms with E-state index in [0.29, 0.717) is 0 Å². The van der Waals surface area contributed by atoms with Crippen LogP contribution < -0.4 is 4.72 Å². The van der Waals surface area contributed by atoms with Gasteiger partial charge in [0.05, 0.1) is 4.90 Å². The van der Waals surface area contributed by atoms with E-state index in [0.717, 1.165) is 29.3 Å². The molecule has 94 valence electrons. The predicted octanol–water partition coefficient (Wildman–Crippen LogP) is 1.23. The number of sulfonamides is 1. The number of thiophene rings is 1. The van der Waals surface area contributed by atoms with Gasteiger partial charge in [-0.25, -0.2) is 17.9 Å². The highest BCUT2D eigenvalue weighted by molar-refractivity contribution is 7.99. The molecule has 2 N–H and O–H groups in total. The molecule has 5 nitrogen and oxygen atoms in total. The summed E-state index contributed by atoms with van der Waals surface area (Å²) in [6.45, 7) is 0. The summed E-state index contributed by atoms with van der Waals surface area (Å²) in [5.41, 5.74) is 0. The van der Waals surface area contributed by atoms with Crippen molar-refractivity contribution in [1.82, 2.24) is 4.72 Å². The van der Waals surface area contributed by atoms with E-state index < -0.39 is 16.0 Å². The zero-order chi connectivity index (χ0) is 12.5. The summed E-state index contributed by atoms with van der Waals surface area (Å²) in [4.78, 5) is 10.7. The Labute approximate surface area is 107 Å². The van der Waals surface area contributed by atoms with Crippen molar-refractivity contribution >= 4 is 39.1 Å². The van der Waals surface area contributed by atoms with Crippen LogP contribution in [-0.4, -0.2) is 37.0 Å². The maximum atomic E-state index is 11.9. The van der Waals surface area contributed by atoms with Crippen LogP contribution >= 0.6 is 23.1 Å². The van der Waals surface area contributed by atoms with Crippen LogP contribution in [0.5, 0.6) is 0 Å². The van der Waals surface area contributed by atoms with Crippen LogP contribution in [0.15, 0.2) is 16.3 Å². The zero-order valence-corrected chi connectivity index (χ0v) is 11.2. The second-order valence-corrected chi connectivity index (χ2v) is 7.41. The van der Waals surface area contributed by atoms with Gasteiger partial charge in [-0.05, 0) is 18.2 Å². The van der Waals surface area contributed by atoms with Crippen molar-refractivity contribution < 1.29 is 18.3 Å². The molecule has 0 saturated carbocycles. The summed E-state index contributed by atoms with van der Waals surface area (Å²) >= 11 is 2.63. The number of nitrogens with one attached hydrogen (secondary N) is 1. The molecule has 1 aromatic rings. The van der Waals surface area contributed by atoms with Crippen molar-refractivity contribution in [2.24, 2.45) is 0 Å². The summed E-state index contributed by atoms with van der Waals surface area (Å²) in [6, 6.07) is 1.15. The fraction of sp³-hybridized carbons (Fsp3) is 0.444. The van der Waals surface area contributed by atoms with E-state index >= 15 is 0 Å². The molecule has 1 aliphatic heterocycles. The fourth-order valence-corrected chi connectivity index (χ4v) is 5.13. The Hall–Kier alpha value is -0.570. The molecule has 8 heteroatoms. The van der Waals surface area contributed by atoms with Crippen molar-refractivity contribution in [1.29, 1.82) is 0 Å². The Bertz CT molecular complexity index is 516. The van der Waals surface area contributed by atoms with Crippen LogP contribution in [0.25, 0.3) is 0 Å². The van der Waals surface area contributed by atoms with Crippen molar-refractivity contribution in [2.75, 3.05) is 11.5 Å². The third kappa shape index (κ3) is 3.01. The highest BCUT2D eigenvalue weighted by Gasteiger charge is 2.24. The van der Waals surface area contributed by atoms with E-state index in [1.54, 1.807) is 11.8 Å². The standard InChI is InChI=1S/C9H11NO4S3/c11-9(12)8-3-7(5-16-8)17(13,14)10-6-1-2-15-4-6/h3,5-6,10H,1-2,4H2,(H,11,12). The highest BCUT2D eigenvalue weighted by atomic mass is 32.2. The van der Waals surface area contributed by atoms with Crippen molar-refractivity contribution in [3.8, 4) is 0 Å². The summed E-state index contributed by atoms with van der Waals surface area (Å²) in [7, 11) is -3.57. The molecule has 17 heavy (non-hydrogen) atoms. The van der Waals surface area contributed by atoms with Gasteiger partial charge in [-0.15, -0.1) is 11.3 Å². The minimum atomic E-state index is -3.57. The molecule has 2 rings (SSSR count). The quantitative estimate of drug-likeness (QED) is 0.872. The Morgan fingerprint density at radius 3 is 2.82 bits per heavy atom. The number of carbonyl (C=O) groups is 1. The Balaban J connectivity index is 2.15. The van der Waals surface area contributed by atoms with Gasteiger partial charge >= 0.3 is 5.97 Å². The van der Waals surface area contributed by atoms with Crippen LogP contribution in [0.4, 0.5) is 0 Å². The lowest BCUT2D eigenvalue weighted by Crippen LogP contribution is -2.34. The summed E-state index contributed by atoms with van der Waals surface area (Å²) in [6.07, 6.45) is 0.819. The van der Waals surface area contributed by atoms with Gasteiger partial charge in [0.15, 0.2) is 0 Å². The Morgan fingerprint density at radius 1 is 1.53 bits per heavy atom. The average Bonchev–Trinajstić information content (AvgIpc) is 2.84. The third-order valence-corrected chi connectivity index (χ3v) is 6.08. The van der Waals surface area contributed by atoms with E-state index in [1.807, 2.05) is 0 Å². The van der Waals surface area contributed by atoms with E-state index in [1.165, 1.54) is 11.4 Å². The number of hydrogen-bond acceptors (Lipinski definition) is 5.